The Bertz CT molecular complexity index is 1080. The molecule has 29 heavy (non-hydrogen) atoms. The van der Waals surface area contributed by atoms with Crippen molar-refractivity contribution in [3.8, 4) is 11.3 Å². The quantitative estimate of drug-likeness (QED) is 0.241. The molecule has 7 nitrogen and oxygen atoms in total. The zero-order valence-electron chi connectivity index (χ0n) is 15.1. The van der Waals surface area contributed by atoms with Crippen LogP contribution in [0.5, 0.6) is 0 Å². The van der Waals surface area contributed by atoms with Gasteiger partial charge in [-0.15, -0.1) is 24.8 Å². The van der Waals surface area contributed by atoms with E-state index in [1.54, 1.807) is 23.0 Å². The number of halogens is 3. The molecule has 4 rings (SSSR count). The van der Waals surface area contributed by atoms with Crippen LogP contribution in [-0.4, -0.2) is 26.4 Å². The van der Waals surface area contributed by atoms with E-state index in [-0.39, 0.29) is 30.6 Å². The number of hydrogen-bond donors (Lipinski definition) is 3. The minimum Gasteiger partial charge on any atom is -0.409 e. The predicted molar refractivity (Wildman–Crippen MR) is 121 cm³/mol. The van der Waals surface area contributed by atoms with E-state index in [0.29, 0.717) is 11.0 Å². The largest absolute Gasteiger partial charge is 0.409 e. The highest BCUT2D eigenvalue weighted by molar-refractivity contribution is 6.30. The van der Waals surface area contributed by atoms with Crippen molar-refractivity contribution in [1.29, 1.82) is 0 Å². The summed E-state index contributed by atoms with van der Waals surface area (Å²) in [6, 6.07) is 13.1. The Morgan fingerprint density at radius 1 is 1.10 bits per heavy atom. The van der Waals surface area contributed by atoms with Gasteiger partial charge in [-0.2, -0.15) is 5.10 Å². The molecule has 1 aromatic heterocycles. The van der Waals surface area contributed by atoms with E-state index in [4.69, 9.17) is 28.3 Å². The second-order valence-electron chi connectivity index (χ2n) is 6.20. The highest BCUT2D eigenvalue weighted by Gasteiger charge is 2.22. The Balaban J connectivity index is 0.00000150. The van der Waals surface area contributed by atoms with E-state index in [1.165, 1.54) is 0 Å². The summed E-state index contributed by atoms with van der Waals surface area (Å²) in [5.74, 6) is 0.397. The number of nitrogens with two attached hydrogens (primary N) is 2. The molecule has 0 saturated carbocycles. The second kappa shape index (κ2) is 9.17. The van der Waals surface area contributed by atoms with Crippen LogP contribution < -0.4 is 11.5 Å². The van der Waals surface area contributed by atoms with Crippen LogP contribution in [0.4, 0.5) is 5.95 Å². The third-order valence-corrected chi connectivity index (χ3v) is 4.82. The summed E-state index contributed by atoms with van der Waals surface area (Å²) in [4.78, 5) is 4.39. The van der Waals surface area contributed by atoms with Crippen molar-refractivity contribution in [2.45, 2.75) is 12.8 Å². The number of aromatic nitrogens is 2. The molecule has 0 aliphatic heterocycles. The van der Waals surface area contributed by atoms with Crippen LogP contribution in [-0.2, 0) is 6.42 Å². The summed E-state index contributed by atoms with van der Waals surface area (Å²) in [7, 11) is 0. The topological polar surface area (TPSA) is 115 Å². The van der Waals surface area contributed by atoms with Crippen LogP contribution in [0, 0.1) is 0 Å². The first-order chi connectivity index (χ1) is 13.1. The third-order valence-electron chi connectivity index (χ3n) is 4.57. The van der Waals surface area contributed by atoms with Gasteiger partial charge in [-0.25, -0.2) is 9.66 Å². The fourth-order valence-electron chi connectivity index (χ4n) is 3.26. The Kier molecular flexibility index (Phi) is 7.13. The molecular weight excluding hydrogens is 435 g/mol. The second-order valence-corrected chi connectivity index (χ2v) is 6.64. The smallest absolute Gasteiger partial charge is 0.221 e. The van der Waals surface area contributed by atoms with Gasteiger partial charge in [-0.3, -0.25) is 0 Å². The Labute approximate surface area is 184 Å². The fraction of sp³-hybridized carbons (Fsp3) is 0.105. The van der Waals surface area contributed by atoms with Crippen molar-refractivity contribution in [3.05, 3.63) is 70.4 Å². The molecule has 5 N–H and O–H groups in total. The van der Waals surface area contributed by atoms with Crippen LogP contribution in [0.15, 0.2) is 58.9 Å². The zero-order valence-corrected chi connectivity index (χ0v) is 17.5. The highest BCUT2D eigenvalue weighted by atomic mass is 35.5. The van der Waals surface area contributed by atoms with E-state index >= 15 is 0 Å². The van der Waals surface area contributed by atoms with E-state index < -0.39 is 0 Å². The number of benzene rings is 2. The fourth-order valence-corrected chi connectivity index (χ4v) is 3.38. The molecule has 0 saturated heterocycles. The molecule has 0 radical (unpaired) electrons. The predicted octanol–water partition coefficient (Wildman–Crippen LogP) is 3.92. The minimum atomic E-state index is 0. The molecule has 1 aliphatic rings. The Hall–Kier alpha value is -2.74. The average Bonchev–Trinajstić information content (AvgIpc) is 3.26. The molecule has 0 bridgehead atoms. The summed E-state index contributed by atoms with van der Waals surface area (Å²) < 4.78 is 1.57. The lowest BCUT2D eigenvalue weighted by Crippen LogP contribution is -2.15. The van der Waals surface area contributed by atoms with Crippen LogP contribution in [0.1, 0.15) is 23.1 Å². The standard InChI is InChI=1S/C19H17ClN6O.2ClH/c20-12-6-4-11(5-7-12)17-10-26(19(22)23-17)24-16-9-8-13-14(16)2-1-3-15(13)18(21)25-27;;/h1-7,10,27H,8-9H2,(H2,21,25)(H2,22,23);2*1H/b24-16+;;. The molecule has 0 spiro atoms. The van der Waals surface area contributed by atoms with E-state index in [9.17, 15) is 0 Å². The summed E-state index contributed by atoms with van der Waals surface area (Å²) in [6.07, 6.45) is 3.29. The number of oxime groups is 1. The molecule has 0 unspecified atom stereocenters. The molecule has 10 heteroatoms. The lowest BCUT2D eigenvalue weighted by molar-refractivity contribution is 0.318. The van der Waals surface area contributed by atoms with Gasteiger partial charge >= 0.3 is 0 Å². The summed E-state index contributed by atoms with van der Waals surface area (Å²) in [6.45, 7) is 0. The van der Waals surface area contributed by atoms with Crippen LogP contribution >= 0.6 is 36.4 Å². The molecule has 152 valence electrons. The van der Waals surface area contributed by atoms with Gasteiger partial charge in [0, 0.05) is 21.7 Å². The minimum absolute atomic E-state index is 0. The molecular formula is C19H19Cl3N6O. The Morgan fingerprint density at radius 3 is 2.52 bits per heavy atom. The number of anilines is 1. The normalized spacial score (nSPS) is 14.2. The van der Waals surface area contributed by atoms with Gasteiger partial charge in [0.2, 0.25) is 5.95 Å². The Morgan fingerprint density at radius 2 is 1.83 bits per heavy atom. The maximum Gasteiger partial charge on any atom is 0.221 e. The van der Waals surface area contributed by atoms with E-state index in [1.807, 2.05) is 30.3 Å². The zero-order chi connectivity index (χ0) is 19.0. The van der Waals surface area contributed by atoms with Crippen LogP contribution in [0.25, 0.3) is 11.3 Å². The molecule has 1 heterocycles. The maximum atomic E-state index is 8.98. The van der Waals surface area contributed by atoms with Crippen molar-refractivity contribution in [2.24, 2.45) is 16.0 Å². The van der Waals surface area contributed by atoms with Gasteiger partial charge in [-0.05, 0) is 30.5 Å². The SMILES string of the molecule is Cl.Cl.NC(=NO)c1cccc2c1CC/C2=N\n1cc(-c2ccc(Cl)cc2)nc1N. The highest BCUT2D eigenvalue weighted by Crippen LogP contribution is 2.27. The van der Waals surface area contributed by atoms with E-state index in [0.717, 1.165) is 46.5 Å². The summed E-state index contributed by atoms with van der Waals surface area (Å²) in [5, 5.41) is 17.4. The van der Waals surface area contributed by atoms with E-state index in [2.05, 4.69) is 15.2 Å². The van der Waals surface area contributed by atoms with Gasteiger partial charge < -0.3 is 16.7 Å². The first kappa shape index (κ1) is 22.5. The molecule has 0 amide bonds. The first-order valence-corrected chi connectivity index (χ1v) is 8.73. The van der Waals surface area contributed by atoms with Crippen molar-refractivity contribution in [1.82, 2.24) is 9.66 Å². The number of amidine groups is 1. The van der Waals surface area contributed by atoms with Gasteiger partial charge in [-0.1, -0.05) is 47.1 Å². The van der Waals surface area contributed by atoms with Crippen molar-refractivity contribution < 1.29 is 5.21 Å². The number of nitrogens with zero attached hydrogens (tertiary/aromatic N) is 4. The number of hydrogen-bond acceptors (Lipinski definition) is 5. The lowest BCUT2D eigenvalue weighted by atomic mass is 10.0. The van der Waals surface area contributed by atoms with Gasteiger partial charge in [0.25, 0.3) is 0 Å². The number of nitrogen functional groups attached to an aromatic ring is 1. The summed E-state index contributed by atoms with van der Waals surface area (Å²) in [5.41, 5.74) is 17.1. The van der Waals surface area contributed by atoms with Crippen molar-refractivity contribution in [2.75, 3.05) is 5.73 Å². The molecule has 1 aliphatic carbocycles. The number of fused-ring (bicyclic) bond motifs is 1. The van der Waals surface area contributed by atoms with Crippen LogP contribution in [0.3, 0.4) is 0 Å². The summed E-state index contributed by atoms with van der Waals surface area (Å²) >= 11 is 5.94. The monoisotopic (exact) mass is 452 g/mol. The van der Waals surface area contributed by atoms with Gasteiger partial charge in [0.1, 0.15) is 0 Å². The number of rotatable bonds is 3. The van der Waals surface area contributed by atoms with Crippen molar-refractivity contribution in [3.63, 3.8) is 0 Å². The van der Waals surface area contributed by atoms with Crippen molar-refractivity contribution >= 4 is 53.9 Å². The molecule has 0 fully saturated rings. The molecule has 0 atom stereocenters. The third kappa shape index (κ3) is 4.32. The molecule has 2 aromatic carbocycles. The van der Waals surface area contributed by atoms with Gasteiger partial charge in [0.05, 0.1) is 17.6 Å². The first-order valence-electron chi connectivity index (χ1n) is 8.35. The number of imidazole rings is 1. The van der Waals surface area contributed by atoms with Crippen LogP contribution in [0.2, 0.25) is 5.02 Å². The average molecular weight is 454 g/mol. The van der Waals surface area contributed by atoms with Gasteiger partial charge in [0.15, 0.2) is 5.84 Å². The maximum absolute atomic E-state index is 8.98. The molecule has 3 aromatic rings. The lowest BCUT2D eigenvalue weighted by Gasteiger charge is -2.06.